The van der Waals surface area contributed by atoms with Crippen molar-refractivity contribution in [1.82, 2.24) is 0 Å². The highest BCUT2D eigenvalue weighted by Gasteiger charge is 2.37. The minimum absolute atomic E-state index is 0.113. The van der Waals surface area contributed by atoms with Gasteiger partial charge in [0.25, 0.3) is 0 Å². The summed E-state index contributed by atoms with van der Waals surface area (Å²) in [4.78, 5) is -0.932. The van der Waals surface area contributed by atoms with Gasteiger partial charge in [-0.15, -0.1) is 0 Å². The van der Waals surface area contributed by atoms with Gasteiger partial charge in [-0.1, -0.05) is 12.1 Å². The van der Waals surface area contributed by atoms with Gasteiger partial charge in [-0.25, -0.2) is 0 Å². The average molecular weight is 332 g/mol. The van der Waals surface area contributed by atoms with Crippen LogP contribution in [0.1, 0.15) is 5.56 Å². The molecule has 0 unspecified atom stereocenters. The number of hydrogen-bond donors (Lipinski definition) is 0. The molecule has 0 atom stereocenters. The Bertz CT molecular complexity index is 752. The van der Waals surface area contributed by atoms with Crippen molar-refractivity contribution in [2.75, 3.05) is 7.11 Å². The Labute approximate surface area is 125 Å². The first kappa shape index (κ1) is 16.2. The summed E-state index contributed by atoms with van der Waals surface area (Å²) >= 11 is 0. The van der Waals surface area contributed by atoms with Crippen molar-refractivity contribution in [1.29, 1.82) is 0 Å². The molecule has 2 aromatic rings. The lowest BCUT2D eigenvalue weighted by Crippen LogP contribution is -2.17. The van der Waals surface area contributed by atoms with E-state index in [1.165, 1.54) is 37.4 Å². The van der Waals surface area contributed by atoms with Gasteiger partial charge < -0.3 is 8.92 Å². The van der Waals surface area contributed by atoms with Gasteiger partial charge in [-0.3, -0.25) is 0 Å². The Morgan fingerprint density at radius 1 is 0.909 bits per heavy atom. The van der Waals surface area contributed by atoms with E-state index in [1.54, 1.807) is 0 Å². The molecule has 22 heavy (non-hydrogen) atoms. The van der Waals surface area contributed by atoms with Crippen LogP contribution in [0.15, 0.2) is 53.4 Å². The van der Waals surface area contributed by atoms with Crippen molar-refractivity contribution in [2.24, 2.45) is 0 Å². The average Bonchev–Trinajstić information content (AvgIpc) is 2.47. The van der Waals surface area contributed by atoms with Gasteiger partial charge in [0.2, 0.25) is 0 Å². The molecule has 0 radical (unpaired) electrons. The molecule has 0 N–H and O–H groups in total. The fourth-order valence-corrected chi connectivity index (χ4v) is 2.87. The number of rotatable bonds is 4. The third-order valence-electron chi connectivity index (χ3n) is 2.73. The van der Waals surface area contributed by atoms with E-state index >= 15 is 0 Å². The third kappa shape index (κ3) is 3.51. The number of hydrogen-bond acceptors (Lipinski definition) is 4. The second-order valence-electron chi connectivity index (χ2n) is 4.21. The normalized spacial score (nSPS) is 12.0. The molecular formula is C14H11F3O4S. The molecule has 0 bridgehead atoms. The zero-order valence-corrected chi connectivity index (χ0v) is 12.1. The Balaban J connectivity index is 2.39. The zero-order chi connectivity index (χ0) is 16.4. The van der Waals surface area contributed by atoms with E-state index in [4.69, 9.17) is 8.92 Å². The van der Waals surface area contributed by atoms with Crippen molar-refractivity contribution in [3.63, 3.8) is 0 Å². The van der Waals surface area contributed by atoms with Gasteiger partial charge >= 0.3 is 16.3 Å². The van der Waals surface area contributed by atoms with E-state index in [9.17, 15) is 21.6 Å². The minimum atomic E-state index is -4.80. The molecule has 0 fully saturated rings. The first-order valence-electron chi connectivity index (χ1n) is 5.99. The lowest BCUT2D eigenvalue weighted by molar-refractivity contribution is -0.139. The van der Waals surface area contributed by atoms with Crippen molar-refractivity contribution in [3.8, 4) is 11.5 Å². The number of alkyl halides is 3. The first-order valence-corrected chi connectivity index (χ1v) is 7.39. The lowest BCUT2D eigenvalue weighted by Gasteiger charge is -2.13. The van der Waals surface area contributed by atoms with Gasteiger partial charge in [0.15, 0.2) is 0 Å². The molecule has 118 valence electrons. The largest absolute Gasteiger partial charge is 0.497 e. The van der Waals surface area contributed by atoms with E-state index in [-0.39, 0.29) is 5.75 Å². The lowest BCUT2D eigenvalue weighted by atomic mass is 10.2. The van der Waals surface area contributed by atoms with Crippen LogP contribution in [0.2, 0.25) is 0 Å². The predicted molar refractivity (Wildman–Crippen MR) is 72.3 cm³/mol. The molecule has 0 spiro atoms. The Morgan fingerprint density at radius 2 is 1.45 bits per heavy atom. The number of benzene rings is 2. The van der Waals surface area contributed by atoms with E-state index < -0.39 is 26.8 Å². The number of halogens is 3. The monoisotopic (exact) mass is 332 g/mol. The zero-order valence-electron chi connectivity index (χ0n) is 11.3. The number of ether oxygens (including phenoxy) is 1. The highest BCUT2D eigenvalue weighted by atomic mass is 32.2. The second kappa shape index (κ2) is 5.88. The van der Waals surface area contributed by atoms with Crippen molar-refractivity contribution >= 4 is 10.1 Å². The van der Waals surface area contributed by atoms with Gasteiger partial charge in [-0.05, 0) is 36.4 Å². The molecule has 0 heterocycles. The molecule has 0 aliphatic carbocycles. The summed E-state index contributed by atoms with van der Waals surface area (Å²) in [7, 11) is -3.18. The van der Waals surface area contributed by atoms with E-state index in [0.29, 0.717) is 11.8 Å². The molecule has 0 aliphatic heterocycles. The summed E-state index contributed by atoms with van der Waals surface area (Å²) < 4.78 is 72.4. The molecule has 0 aromatic heterocycles. The van der Waals surface area contributed by atoms with Crippen molar-refractivity contribution in [3.05, 3.63) is 54.1 Å². The van der Waals surface area contributed by atoms with Crippen LogP contribution < -0.4 is 8.92 Å². The van der Waals surface area contributed by atoms with E-state index in [1.807, 2.05) is 0 Å². The molecule has 8 heteroatoms. The summed E-state index contributed by atoms with van der Waals surface area (Å²) in [5, 5.41) is 0. The van der Waals surface area contributed by atoms with Crippen LogP contribution in [0, 0.1) is 0 Å². The molecule has 2 rings (SSSR count). The van der Waals surface area contributed by atoms with E-state index in [2.05, 4.69) is 0 Å². The first-order chi connectivity index (χ1) is 10.2. The summed E-state index contributed by atoms with van der Waals surface area (Å²) in [6.45, 7) is 0. The second-order valence-corrected chi connectivity index (χ2v) is 5.72. The molecular weight excluding hydrogens is 321 g/mol. The topological polar surface area (TPSA) is 52.6 Å². The van der Waals surface area contributed by atoms with Gasteiger partial charge in [0.1, 0.15) is 16.4 Å². The fraction of sp³-hybridized carbons (Fsp3) is 0.143. The minimum Gasteiger partial charge on any atom is -0.497 e. The van der Waals surface area contributed by atoms with Crippen LogP contribution in [-0.4, -0.2) is 15.5 Å². The third-order valence-corrected chi connectivity index (χ3v) is 4.03. The number of methoxy groups -OCH3 is 1. The molecule has 0 saturated heterocycles. The smallest absolute Gasteiger partial charge is 0.417 e. The van der Waals surface area contributed by atoms with Gasteiger partial charge in [0, 0.05) is 0 Å². The summed E-state index contributed by atoms with van der Waals surface area (Å²) in [5.41, 5.74) is -1.27. The highest BCUT2D eigenvalue weighted by molar-refractivity contribution is 7.87. The Kier molecular flexibility index (Phi) is 4.32. The predicted octanol–water partition coefficient (Wildman–Crippen LogP) is 3.48. The standard InChI is InChI=1S/C14H11F3O4S/c1-20-10-6-8-11(9-7-10)21-22(18,19)13-5-3-2-4-12(13)14(15,16)17/h2-9H,1H3. The fourth-order valence-electron chi connectivity index (χ4n) is 1.72. The molecule has 4 nitrogen and oxygen atoms in total. The molecule has 2 aromatic carbocycles. The van der Waals surface area contributed by atoms with Crippen LogP contribution in [0.3, 0.4) is 0 Å². The van der Waals surface area contributed by atoms with E-state index in [0.717, 1.165) is 12.1 Å². The van der Waals surface area contributed by atoms with Crippen LogP contribution in [0.5, 0.6) is 11.5 Å². The van der Waals surface area contributed by atoms with Crippen LogP contribution in [-0.2, 0) is 16.3 Å². The summed E-state index contributed by atoms with van der Waals surface area (Å²) in [5.74, 6) is 0.346. The Morgan fingerprint density at radius 3 is 2.00 bits per heavy atom. The van der Waals surface area contributed by atoms with Crippen LogP contribution in [0.25, 0.3) is 0 Å². The van der Waals surface area contributed by atoms with Crippen molar-refractivity contribution in [2.45, 2.75) is 11.1 Å². The summed E-state index contributed by atoms with van der Waals surface area (Å²) in [6.07, 6.45) is -4.80. The van der Waals surface area contributed by atoms with Gasteiger partial charge in [-0.2, -0.15) is 21.6 Å². The maximum Gasteiger partial charge on any atom is 0.417 e. The maximum absolute atomic E-state index is 12.9. The summed E-state index contributed by atoms with van der Waals surface area (Å²) in [6, 6.07) is 9.26. The quantitative estimate of drug-likeness (QED) is 0.805. The van der Waals surface area contributed by atoms with Gasteiger partial charge in [0.05, 0.1) is 12.7 Å². The maximum atomic E-state index is 12.9. The Hall–Kier alpha value is -2.22. The molecule has 0 amide bonds. The van der Waals surface area contributed by atoms with Crippen molar-refractivity contribution < 1.29 is 30.5 Å². The highest BCUT2D eigenvalue weighted by Crippen LogP contribution is 2.35. The SMILES string of the molecule is COc1ccc(OS(=O)(=O)c2ccccc2C(F)(F)F)cc1. The van der Waals surface area contributed by atoms with Crippen LogP contribution in [0.4, 0.5) is 13.2 Å². The molecule has 0 saturated carbocycles. The van der Waals surface area contributed by atoms with Crippen LogP contribution >= 0.6 is 0 Å². The molecule has 0 aliphatic rings.